The number of benzene rings is 2. The van der Waals surface area contributed by atoms with E-state index in [1.165, 1.54) is 0 Å². The van der Waals surface area contributed by atoms with Gasteiger partial charge in [0, 0.05) is 13.1 Å². The van der Waals surface area contributed by atoms with E-state index in [9.17, 15) is 33.6 Å². The quantitative estimate of drug-likeness (QED) is 0.171. The highest BCUT2D eigenvalue weighted by molar-refractivity contribution is 7.89. The topological polar surface area (TPSA) is 176 Å². The molecule has 1 amide bonds. The Kier molecular flexibility index (Phi) is 10.6. The molecule has 10 nitrogen and oxygen atoms in total. The van der Waals surface area contributed by atoms with E-state index >= 15 is 0 Å². The Morgan fingerprint density at radius 1 is 0.848 bits per heavy atom. The summed E-state index contributed by atoms with van der Waals surface area (Å²) in [5.74, 6) is -0.908. The first-order valence-electron chi connectivity index (χ1n) is 10.8. The van der Waals surface area contributed by atoms with Crippen molar-refractivity contribution in [3.05, 3.63) is 42.5 Å². The standard InChI is InChI=1S/C22H32N2O8S/c25-14-18(26)19(27)20(28)21(29)22(30)23-11-5-1-2-6-12-24-33(31,32)17-10-9-15-7-3-4-8-16(15)13-17/h3-4,7-10,13,18-21,24-29H,1-2,5-6,11-12,14H2,(H,23,30)/t18-,19-,20-,21-/m0/s1. The van der Waals surface area contributed by atoms with Crippen LogP contribution in [0.15, 0.2) is 47.4 Å². The molecule has 184 valence electrons. The van der Waals surface area contributed by atoms with Gasteiger partial charge in [0.25, 0.3) is 5.91 Å². The van der Waals surface area contributed by atoms with Crippen molar-refractivity contribution in [3.63, 3.8) is 0 Å². The van der Waals surface area contributed by atoms with Crippen molar-refractivity contribution in [1.82, 2.24) is 10.0 Å². The van der Waals surface area contributed by atoms with E-state index in [-0.39, 0.29) is 18.0 Å². The lowest BCUT2D eigenvalue weighted by Crippen LogP contribution is -2.51. The van der Waals surface area contributed by atoms with E-state index in [0.29, 0.717) is 25.7 Å². The maximum absolute atomic E-state index is 12.5. The first-order valence-corrected chi connectivity index (χ1v) is 12.2. The summed E-state index contributed by atoms with van der Waals surface area (Å²) in [5, 5.41) is 51.1. The molecule has 7 N–H and O–H groups in total. The zero-order valence-electron chi connectivity index (χ0n) is 18.2. The van der Waals surface area contributed by atoms with Gasteiger partial charge >= 0.3 is 0 Å². The fourth-order valence-corrected chi connectivity index (χ4v) is 4.33. The van der Waals surface area contributed by atoms with Crippen molar-refractivity contribution in [2.75, 3.05) is 19.7 Å². The molecule has 0 unspecified atom stereocenters. The van der Waals surface area contributed by atoms with Gasteiger partial charge in [-0.05, 0) is 35.7 Å². The number of fused-ring (bicyclic) bond motifs is 1. The molecular formula is C22H32N2O8S. The van der Waals surface area contributed by atoms with E-state index < -0.39 is 47.0 Å². The molecule has 4 atom stereocenters. The molecule has 33 heavy (non-hydrogen) atoms. The fourth-order valence-electron chi connectivity index (χ4n) is 3.22. The minimum atomic E-state index is -3.61. The minimum absolute atomic E-state index is 0.210. The summed E-state index contributed by atoms with van der Waals surface area (Å²) in [6, 6.07) is 12.5. The summed E-state index contributed by atoms with van der Waals surface area (Å²) in [5.41, 5.74) is 0. The maximum Gasteiger partial charge on any atom is 0.251 e. The third kappa shape index (κ3) is 8.00. The molecule has 2 aromatic rings. The molecular weight excluding hydrogens is 452 g/mol. The number of sulfonamides is 1. The lowest BCUT2D eigenvalue weighted by molar-refractivity contribution is -0.148. The van der Waals surface area contributed by atoms with Gasteiger partial charge in [-0.3, -0.25) is 4.79 Å². The molecule has 0 fully saturated rings. The number of aliphatic hydroxyl groups is 5. The lowest BCUT2D eigenvalue weighted by Gasteiger charge is -2.24. The zero-order chi connectivity index (χ0) is 24.4. The second-order valence-electron chi connectivity index (χ2n) is 7.79. The molecule has 2 rings (SSSR count). The number of aliphatic hydroxyl groups excluding tert-OH is 5. The molecule has 2 aromatic carbocycles. The van der Waals surface area contributed by atoms with Crippen LogP contribution in [0.2, 0.25) is 0 Å². The average molecular weight is 485 g/mol. The summed E-state index contributed by atoms with van der Waals surface area (Å²) >= 11 is 0. The van der Waals surface area contributed by atoms with Crippen LogP contribution in [0.3, 0.4) is 0 Å². The summed E-state index contributed by atoms with van der Waals surface area (Å²) < 4.78 is 27.5. The van der Waals surface area contributed by atoms with Gasteiger partial charge in [0.05, 0.1) is 11.5 Å². The van der Waals surface area contributed by atoms with E-state index in [4.69, 9.17) is 5.11 Å². The molecule has 0 aliphatic heterocycles. The second kappa shape index (κ2) is 12.9. The Hall–Kier alpha value is -2.12. The van der Waals surface area contributed by atoms with E-state index in [2.05, 4.69) is 10.0 Å². The van der Waals surface area contributed by atoms with Crippen LogP contribution in [-0.2, 0) is 14.8 Å². The molecule has 0 aromatic heterocycles. The fraction of sp³-hybridized carbons (Fsp3) is 0.500. The van der Waals surface area contributed by atoms with Gasteiger partial charge in [-0.25, -0.2) is 13.1 Å². The van der Waals surface area contributed by atoms with Crippen LogP contribution in [0, 0.1) is 0 Å². The highest BCUT2D eigenvalue weighted by atomic mass is 32.2. The zero-order valence-corrected chi connectivity index (χ0v) is 19.0. The van der Waals surface area contributed by atoms with Crippen molar-refractivity contribution in [2.24, 2.45) is 0 Å². The molecule has 0 aliphatic rings. The summed E-state index contributed by atoms with van der Waals surface area (Å²) in [6.07, 6.45) is -4.87. The van der Waals surface area contributed by atoms with Crippen LogP contribution in [0.1, 0.15) is 25.7 Å². The van der Waals surface area contributed by atoms with Gasteiger partial charge in [-0.1, -0.05) is 43.2 Å². The summed E-state index contributed by atoms with van der Waals surface area (Å²) in [7, 11) is -3.61. The van der Waals surface area contributed by atoms with Crippen molar-refractivity contribution < 1.29 is 38.7 Å². The molecule has 11 heteroatoms. The predicted octanol–water partition coefficient (Wildman–Crippen LogP) is -0.769. The van der Waals surface area contributed by atoms with Crippen LogP contribution in [-0.4, -0.2) is 84.0 Å². The van der Waals surface area contributed by atoms with Gasteiger partial charge in [-0.2, -0.15) is 0 Å². The van der Waals surface area contributed by atoms with E-state index in [0.717, 1.165) is 10.8 Å². The SMILES string of the molecule is O=C(NCCCCCCNS(=O)(=O)c1ccc2ccccc2c1)[C@@H](O)[C@@H](O)[C@@H](O)[C@@H](O)CO. The van der Waals surface area contributed by atoms with Gasteiger partial charge in [0.2, 0.25) is 10.0 Å². The minimum Gasteiger partial charge on any atom is -0.394 e. The number of carbonyl (C=O) groups excluding carboxylic acids is 1. The van der Waals surface area contributed by atoms with Gasteiger partial charge < -0.3 is 30.8 Å². The van der Waals surface area contributed by atoms with Crippen LogP contribution < -0.4 is 10.0 Å². The summed E-state index contributed by atoms with van der Waals surface area (Å²) in [4.78, 5) is 12.0. The number of carbonyl (C=O) groups is 1. The number of amides is 1. The predicted molar refractivity (Wildman–Crippen MR) is 122 cm³/mol. The molecule has 0 saturated carbocycles. The van der Waals surface area contributed by atoms with E-state index in [1.54, 1.807) is 18.2 Å². The smallest absolute Gasteiger partial charge is 0.251 e. The van der Waals surface area contributed by atoms with Crippen LogP contribution >= 0.6 is 0 Å². The molecule has 0 spiro atoms. The maximum atomic E-state index is 12.5. The first-order chi connectivity index (χ1) is 15.7. The van der Waals surface area contributed by atoms with Gasteiger partial charge in [0.15, 0.2) is 6.10 Å². The molecule has 0 heterocycles. The van der Waals surface area contributed by atoms with E-state index in [1.807, 2.05) is 24.3 Å². The van der Waals surface area contributed by atoms with Crippen molar-refractivity contribution in [3.8, 4) is 0 Å². The van der Waals surface area contributed by atoms with Crippen molar-refractivity contribution >= 4 is 26.7 Å². The van der Waals surface area contributed by atoms with Gasteiger partial charge in [-0.15, -0.1) is 0 Å². The largest absolute Gasteiger partial charge is 0.394 e. The lowest BCUT2D eigenvalue weighted by atomic mass is 10.0. The molecule has 0 aliphatic carbocycles. The Bertz CT molecular complexity index is 1000. The number of hydrogen-bond donors (Lipinski definition) is 7. The van der Waals surface area contributed by atoms with Crippen LogP contribution in [0.4, 0.5) is 0 Å². The van der Waals surface area contributed by atoms with Crippen LogP contribution in [0.25, 0.3) is 10.8 Å². The Labute approximate surface area is 192 Å². The van der Waals surface area contributed by atoms with Crippen molar-refractivity contribution in [2.45, 2.75) is 55.0 Å². The third-order valence-corrected chi connectivity index (χ3v) is 6.71. The average Bonchev–Trinajstić information content (AvgIpc) is 2.83. The first kappa shape index (κ1) is 27.1. The molecule has 0 saturated heterocycles. The Balaban J connectivity index is 1.64. The highest BCUT2D eigenvalue weighted by Crippen LogP contribution is 2.18. The Morgan fingerprint density at radius 2 is 1.48 bits per heavy atom. The normalized spacial score (nSPS) is 15.7. The Morgan fingerprint density at radius 3 is 2.15 bits per heavy atom. The molecule has 0 radical (unpaired) electrons. The molecule has 0 bridgehead atoms. The summed E-state index contributed by atoms with van der Waals surface area (Å²) in [6.45, 7) is -0.341. The number of unbranched alkanes of at least 4 members (excludes halogenated alkanes) is 3. The highest BCUT2D eigenvalue weighted by Gasteiger charge is 2.33. The van der Waals surface area contributed by atoms with Crippen molar-refractivity contribution in [1.29, 1.82) is 0 Å². The number of rotatable bonds is 14. The van der Waals surface area contributed by atoms with Gasteiger partial charge in [0.1, 0.15) is 18.3 Å². The number of hydrogen-bond acceptors (Lipinski definition) is 8. The van der Waals surface area contributed by atoms with Crippen LogP contribution in [0.5, 0.6) is 0 Å². The number of nitrogens with one attached hydrogen (secondary N) is 2. The third-order valence-electron chi connectivity index (χ3n) is 5.25. The second-order valence-corrected chi connectivity index (χ2v) is 9.55. The monoisotopic (exact) mass is 484 g/mol.